The first kappa shape index (κ1) is 15.3. The van der Waals surface area contributed by atoms with Gasteiger partial charge in [0.05, 0.1) is 0 Å². The van der Waals surface area contributed by atoms with Crippen LogP contribution in [0.5, 0.6) is 0 Å². The molecule has 114 valence electrons. The van der Waals surface area contributed by atoms with E-state index in [4.69, 9.17) is 0 Å². The summed E-state index contributed by atoms with van der Waals surface area (Å²) in [5, 5.41) is 3.01. The highest BCUT2D eigenvalue weighted by Gasteiger charge is 2.52. The largest absolute Gasteiger partial charge is 0.342 e. The zero-order valence-corrected chi connectivity index (χ0v) is 13.2. The highest BCUT2D eigenvalue weighted by atomic mass is 16.2. The minimum atomic E-state index is -0.673. The number of carbonyl (C=O) groups excluding carboxylic acids is 2. The molecule has 1 N–H and O–H groups in total. The summed E-state index contributed by atoms with van der Waals surface area (Å²) in [4.78, 5) is 27.0. The fourth-order valence-electron chi connectivity index (χ4n) is 3.30. The second-order valence-corrected chi connectivity index (χ2v) is 6.72. The van der Waals surface area contributed by atoms with Crippen molar-refractivity contribution in [3.63, 3.8) is 0 Å². The number of rotatable bonds is 5. The van der Waals surface area contributed by atoms with Crippen LogP contribution in [0.25, 0.3) is 0 Å². The Balaban J connectivity index is 2.23. The van der Waals surface area contributed by atoms with Crippen molar-refractivity contribution in [3.8, 4) is 0 Å². The number of carbonyl (C=O) groups is 2. The van der Waals surface area contributed by atoms with Crippen molar-refractivity contribution >= 4 is 11.8 Å². The fourth-order valence-corrected chi connectivity index (χ4v) is 3.30. The Hall–Kier alpha value is -1.06. The van der Waals surface area contributed by atoms with E-state index in [1.54, 1.807) is 0 Å². The van der Waals surface area contributed by atoms with Crippen molar-refractivity contribution in [2.24, 2.45) is 11.8 Å². The molecule has 1 heterocycles. The lowest BCUT2D eigenvalue weighted by Crippen LogP contribution is -2.58. The molecule has 4 heteroatoms. The predicted octanol–water partition coefficient (Wildman–Crippen LogP) is 2.33. The molecule has 0 aromatic carbocycles. The van der Waals surface area contributed by atoms with E-state index < -0.39 is 5.54 Å². The van der Waals surface area contributed by atoms with Crippen LogP contribution in [0.4, 0.5) is 0 Å². The van der Waals surface area contributed by atoms with Crippen LogP contribution in [-0.4, -0.2) is 34.8 Å². The van der Waals surface area contributed by atoms with Crippen LogP contribution < -0.4 is 5.32 Å². The lowest BCUT2D eigenvalue weighted by atomic mass is 9.93. The van der Waals surface area contributed by atoms with Crippen molar-refractivity contribution in [1.82, 2.24) is 10.2 Å². The topological polar surface area (TPSA) is 49.4 Å². The number of hydrogen-bond acceptors (Lipinski definition) is 2. The molecule has 2 rings (SSSR count). The van der Waals surface area contributed by atoms with Gasteiger partial charge in [0.25, 0.3) is 0 Å². The van der Waals surface area contributed by atoms with E-state index in [-0.39, 0.29) is 17.9 Å². The molecule has 0 bridgehead atoms. The second-order valence-electron chi connectivity index (χ2n) is 6.72. The smallest absolute Gasteiger partial charge is 0.248 e. The minimum absolute atomic E-state index is 0.00340. The van der Waals surface area contributed by atoms with Gasteiger partial charge in [-0.15, -0.1) is 0 Å². The summed E-state index contributed by atoms with van der Waals surface area (Å²) in [5.74, 6) is 1.00. The number of amides is 2. The molecule has 0 spiro atoms. The van der Waals surface area contributed by atoms with Gasteiger partial charge in [0, 0.05) is 19.0 Å². The van der Waals surface area contributed by atoms with Gasteiger partial charge in [-0.05, 0) is 38.5 Å². The van der Waals surface area contributed by atoms with Gasteiger partial charge in [0.2, 0.25) is 11.8 Å². The summed E-state index contributed by atoms with van der Waals surface area (Å²) in [6.45, 7) is 9.04. The zero-order chi connectivity index (χ0) is 14.9. The van der Waals surface area contributed by atoms with Gasteiger partial charge in [-0.25, -0.2) is 0 Å². The van der Waals surface area contributed by atoms with E-state index in [9.17, 15) is 9.59 Å². The third-order valence-electron chi connectivity index (χ3n) is 5.12. The molecule has 0 aromatic rings. The van der Waals surface area contributed by atoms with Crippen molar-refractivity contribution in [2.45, 2.75) is 71.4 Å². The van der Waals surface area contributed by atoms with Crippen LogP contribution in [0.2, 0.25) is 0 Å². The fraction of sp³-hybridized carbons (Fsp3) is 0.875. The summed E-state index contributed by atoms with van der Waals surface area (Å²) in [6, 6.07) is 0.00340. The lowest BCUT2D eigenvalue weighted by molar-refractivity contribution is -0.141. The van der Waals surface area contributed by atoms with E-state index in [1.807, 2.05) is 18.7 Å². The molecule has 1 saturated carbocycles. The molecule has 1 saturated heterocycles. The predicted molar refractivity (Wildman–Crippen MR) is 79.1 cm³/mol. The molecular weight excluding hydrogens is 252 g/mol. The zero-order valence-electron chi connectivity index (χ0n) is 13.2. The van der Waals surface area contributed by atoms with Crippen LogP contribution in [0, 0.1) is 11.8 Å². The van der Waals surface area contributed by atoms with Crippen molar-refractivity contribution in [1.29, 1.82) is 0 Å². The lowest BCUT2D eigenvalue weighted by Gasteiger charge is -2.36. The maximum absolute atomic E-state index is 13.0. The van der Waals surface area contributed by atoms with Crippen LogP contribution in [-0.2, 0) is 9.59 Å². The third-order valence-corrected chi connectivity index (χ3v) is 5.12. The normalized spacial score (nSPS) is 31.4. The Labute approximate surface area is 122 Å². The summed E-state index contributed by atoms with van der Waals surface area (Å²) in [5.41, 5.74) is -0.673. The van der Waals surface area contributed by atoms with E-state index in [2.05, 4.69) is 19.2 Å². The molecular formula is C16H28N2O2. The maximum Gasteiger partial charge on any atom is 0.248 e. The minimum Gasteiger partial charge on any atom is -0.342 e. The van der Waals surface area contributed by atoms with Gasteiger partial charge in [-0.3, -0.25) is 9.59 Å². The Bertz CT molecular complexity index is 388. The van der Waals surface area contributed by atoms with Gasteiger partial charge in [0.15, 0.2) is 0 Å². The van der Waals surface area contributed by atoms with Crippen LogP contribution in [0.15, 0.2) is 0 Å². The van der Waals surface area contributed by atoms with Crippen molar-refractivity contribution in [3.05, 3.63) is 0 Å². The molecule has 2 amide bonds. The van der Waals surface area contributed by atoms with Crippen LogP contribution >= 0.6 is 0 Å². The first-order valence-corrected chi connectivity index (χ1v) is 8.04. The SMILES string of the molecule is CCC(CC)CN1C(=O)C(C)(C2CC2)NC(=O)CC1C. The molecule has 2 fully saturated rings. The van der Waals surface area contributed by atoms with Gasteiger partial charge in [-0.2, -0.15) is 0 Å². The van der Waals surface area contributed by atoms with Crippen LogP contribution in [0.1, 0.15) is 59.8 Å². The van der Waals surface area contributed by atoms with E-state index in [0.717, 1.165) is 32.2 Å². The molecule has 2 unspecified atom stereocenters. The van der Waals surface area contributed by atoms with Crippen molar-refractivity contribution in [2.75, 3.05) is 6.54 Å². The second kappa shape index (κ2) is 5.74. The van der Waals surface area contributed by atoms with E-state index in [1.165, 1.54) is 0 Å². The van der Waals surface area contributed by atoms with E-state index >= 15 is 0 Å². The molecule has 0 aromatic heterocycles. The molecule has 4 nitrogen and oxygen atoms in total. The summed E-state index contributed by atoms with van der Waals surface area (Å²) < 4.78 is 0. The molecule has 2 atom stereocenters. The van der Waals surface area contributed by atoms with Crippen molar-refractivity contribution < 1.29 is 9.59 Å². The Kier molecular flexibility index (Phi) is 4.40. The highest BCUT2D eigenvalue weighted by molar-refractivity contribution is 5.94. The Morgan fingerprint density at radius 1 is 1.30 bits per heavy atom. The molecule has 20 heavy (non-hydrogen) atoms. The summed E-state index contributed by atoms with van der Waals surface area (Å²) >= 11 is 0. The summed E-state index contributed by atoms with van der Waals surface area (Å²) in [7, 11) is 0. The quantitative estimate of drug-likeness (QED) is 0.840. The average Bonchev–Trinajstić information content (AvgIpc) is 3.22. The van der Waals surface area contributed by atoms with Gasteiger partial charge in [0.1, 0.15) is 5.54 Å². The molecule has 1 aliphatic carbocycles. The monoisotopic (exact) mass is 280 g/mol. The summed E-state index contributed by atoms with van der Waals surface area (Å²) in [6.07, 6.45) is 4.68. The molecule has 1 aliphatic heterocycles. The Morgan fingerprint density at radius 3 is 2.40 bits per heavy atom. The third kappa shape index (κ3) is 2.84. The van der Waals surface area contributed by atoms with Gasteiger partial charge < -0.3 is 10.2 Å². The van der Waals surface area contributed by atoms with Crippen LogP contribution in [0.3, 0.4) is 0 Å². The Morgan fingerprint density at radius 2 is 1.90 bits per heavy atom. The average molecular weight is 280 g/mol. The maximum atomic E-state index is 13.0. The highest BCUT2D eigenvalue weighted by Crippen LogP contribution is 2.42. The number of nitrogens with one attached hydrogen (secondary N) is 1. The first-order chi connectivity index (χ1) is 9.42. The van der Waals surface area contributed by atoms with E-state index in [0.29, 0.717) is 18.3 Å². The molecule has 2 aliphatic rings. The number of hydrogen-bond donors (Lipinski definition) is 1. The molecule has 0 radical (unpaired) electrons. The standard InChI is InChI=1S/C16H28N2O2/c1-5-12(6-2)10-18-11(3)9-14(19)17-16(4,15(18)20)13-7-8-13/h11-13H,5-10H2,1-4H3,(H,17,19). The first-order valence-electron chi connectivity index (χ1n) is 8.04. The van der Waals surface area contributed by atoms with Gasteiger partial charge in [-0.1, -0.05) is 26.7 Å². The van der Waals surface area contributed by atoms with Gasteiger partial charge >= 0.3 is 0 Å². The number of nitrogens with zero attached hydrogens (tertiary/aromatic N) is 1.